The van der Waals surface area contributed by atoms with Gasteiger partial charge < -0.3 is 15.0 Å². The highest BCUT2D eigenvalue weighted by Gasteiger charge is 2.03. The van der Waals surface area contributed by atoms with Crippen molar-refractivity contribution in [2.45, 2.75) is 13.0 Å². The molecule has 2 N–H and O–H groups in total. The first kappa shape index (κ1) is 12.4. The molecule has 92 valence electrons. The van der Waals surface area contributed by atoms with Gasteiger partial charge >= 0.3 is 0 Å². The maximum Gasteiger partial charge on any atom is 0.0474 e. The summed E-state index contributed by atoms with van der Waals surface area (Å²) in [5.74, 6) is 0. The number of aromatic amines is 1. The Hall–Kier alpha value is -1.03. The average Bonchev–Trinajstić information content (AvgIpc) is 2.71. The van der Waals surface area contributed by atoms with Crippen LogP contribution in [0.2, 0.25) is 5.02 Å². The van der Waals surface area contributed by atoms with Crippen molar-refractivity contribution >= 4 is 22.5 Å². The first-order valence-electron chi connectivity index (χ1n) is 5.76. The van der Waals surface area contributed by atoms with E-state index in [1.54, 1.807) is 7.11 Å². The summed E-state index contributed by atoms with van der Waals surface area (Å²) in [6.45, 7) is 2.63. The summed E-state index contributed by atoms with van der Waals surface area (Å²) in [4.78, 5) is 3.23. The van der Waals surface area contributed by atoms with Crippen molar-refractivity contribution in [3.63, 3.8) is 0 Å². The largest absolute Gasteiger partial charge is 0.385 e. The van der Waals surface area contributed by atoms with E-state index >= 15 is 0 Å². The van der Waals surface area contributed by atoms with E-state index in [1.165, 1.54) is 10.9 Å². The van der Waals surface area contributed by atoms with E-state index in [1.807, 2.05) is 18.3 Å². The summed E-state index contributed by atoms with van der Waals surface area (Å²) in [7, 11) is 1.73. The maximum atomic E-state index is 5.94. The predicted molar refractivity (Wildman–Crippen MR) is 71.5 cm³/mol. The van der Waals surface area contributed by atoms with Gasteiger partial charge in [0.15, 0.2) is 0 Å². The molecule has 0 aliphatic rings. The van der Waals surface area contributed by atoms with Gasteiger partial charge in [0.05, 0.1) is 0 Å². The third-order valence-electron chi connectivity index (χ3n) is 2.75. The number of aromatic nitrogens is 1. The van der Waals surface area contributed by atoms with Gasteiger partial charge in [-0.1, -0.05) is 17.7 Å². The van der Waals surface area contributed by atoms with E-state index < -0.39 is 0 Å². The van der Waals surface area contributed by atoms with Crippen LogP contribution in [-0.4, -0.2) is 25.2 Å². The third kappa shape index (κ3) is 3.22. The molecule has 4 heteroatoms. The fourth-order valence-electron chi connectivity index (χ4n) is 1.87. The Balaban J connectivity index is 1.95. The maximum absolute atomic E-state index is 5.94. The number of hydrogen-bond donors (Lipinski definition) is 2. The Morgan fingerprint density at radius 3 is 3.12 bits per heavy atom. The fourth-order valence-corrected chi connectivity index (χ4v) is 2.04. The topological polar surface area (TPSA) is 37.0 Å². The number of hydrogen-bond acceptors (Lipinski definition) is 2. The second kappa shape index (κ2) is 6.05. The van der Waals surface area contributed by atoms with Gasteiger partial charge in [0.1, 0.15) is 0 Å². The fraction of sp³-hybridized carbons (Fsp3) is 0.385. The van der Waals surface area contributed by atoms with Gasteiger partial charge in [-0.3, -0.25) is 0 Å². The summed E-state index contributed by atoms with van der Waals surface area (Å²) >= 11 is 5.94. The standard InChI is InChI=1S/C13H17ClN2O/c1-17-6-2-5-15-8-10-9-16-13-7-11(14)3-4-12(10)13/h3-4,7,9,15-16H,2,5-6,8H2,1H3. The Kier molecular flexibility index (Phi) is 4.42. The van der Waals surface area contributed by atoms with Crippen LogP contribution in [0.3, 0.4) is 0 Å². The van der Waals surface area contributed by atoms with Crippen LogP contribution in [0.5, 0.6) is 0 Å². The number of H-pyrrole nitrogens is 1. The van der Waals surface area contributed by atoms with Crippen LogP contribution in [0.1, 0.15) is 12.0 Å². The second-order valence-corrected chi connectivity index (χ2v) is 4.46. The number of rotatable bonds is 6. The molecular formula is C13H17ClN2O. The average molecular weight is 253 g/mol. The Morgan fingerprint density at radius 2 is 2.29 bits per heavy atom. The number of methoxy groups -OCH3 is 1. The molecule has 0 atom stereocenters. The molecular weight excluding hydrogens is 236 g/mol. The van der Waals surface area contributed by atoms with Crippen molar-refractivity contribution in [1.29, 1.82) is 0 Å². The van der Waals surface area contributed by atoms with Crippen LogP contribution < -0.4 is 5.32 Å². The van der Waals surface area contributed by atoms with E-state index in [4.69, 9.17) is 16.3 Å². The van der Waals surface area contributed by atoms with Gasteiger partial charge in [-0.2, -0.15) is 0 Å². The zero-order chi connectivity index (χ0) is 12.1. The van der Waals surface area contributed by atoms with Crippen molar-refractivity contribution in [3.8, 4) is 0 Å². The lowest BCUT2D eigenvalue weighted by molar-refractivity contribution is 0.194. The Morgan fingerprint density at radius 1 is 1.41 bits per heavy atom. The van der Waals surface area contributed by atoms with Gasteiger partial charge in [0, 0.05) is 42.4 Å². The molecule has 0 aliphatic heterocycles. The summed E-state index contributed by atoms with van der Waals surface area (Å²) in [5, 5.41) is 5.39. The normalized spacial score (nSPS) is 11.2. The molecule has 0 radical (unpaired) electrons. The van der Waals surface area contributed by atoms with E-state index in [0.29, 0.717) is 0 Å². The van der Waals surface area contributed by atoms with Gasteiger partial charge in [-0.05, 0) is 30.7 Å². The lowest BCUT2D eigenvalue weighted by Gasteiger charge is -2.03. The molecule has 0 fully saturated rings. The number of nitrogens with one attached hydrogen (secondary N) is 2. The molecule has 2 aromatic rings. The molecule has 3 nitrogen and oxygen atoms in total. The zero-order valence-electron chi connectivity index (χ0n) is 9.92. The molecule has 17 heavy (non-hydrogen) atoms. The minimum absolute atomic E-state index is 0.763. The van der Waals surface area contributed by atoms with E-state index in [2.05, 4.69) is 16.4 Å². The van der Waals surface area contributed by atoms with Crippen LogP contribution in [-0.2, 0) is 11.3 Å². The quantitative estimate of drug-likeness (QED) is 0.776. The van der Waals surface area contributed by atoms with E-state index in [9.17, 15) is 0 Å². The molecule has 2 rings (SSSR count). The Bertz CT molecular complexity index is 481. The van der Waals surface area contributed by atoms with Gasteiger partial charge in [-0.25, -0.2) is 0 Å². The smallest absolute Gasteiger partial charge is 0.0474 e. The van der Waals surface area contributed by atoms with Crippen molar-refractivity contribution in [3.05, 3.63) is 35.0 Å². The molecule has 0 unspecified atom stereocenters. The summed E-state index contributed by atoms with van der Waals surface area (Å²) < 4.78 is 5.00. The SMILES string of the molecule is COCCCNCc1c[nH]c2cc(Cl)ccc12. The molecule has 1 heterocycles. The summed E-state index contributed by atoms with van der Waals surface area (Å²) in [5.41, 5.74) is 2.36. The minimum atomic E-state index is 0.763. The van der Waals surface area contributed by atoms with Crippen molar-refractivity contribution < 1.29 is 4.74 Å². The zero-order valence-corrected chi connectivity index (χ0v) is 10.7. The minimum Gasteiger partial charge on any atom is -0.385 e. The highest BCUT2D eigenvalue weighted by atomic mass is 35.5. The van der Waals surface area contributed by atoms with Crippen molar-refractivity contribution in [2.24, 2.45) is 0 Å². The number of halogens is 1. The lowest BCUT2D eigenvalue weighted by atomic mass is 10.2. The second-order valence-electron chi connectivity index (χ2n) is 4.03. The first-order valence-corrected chi connectivity index (χ1v) is 6.14. The van der Waals surface area contributed by atoms with E-state index in [-0.39, 0.29) is 0 Å². The van der Waals surface area contributed by atoms with Crippen molar-refractivity contribution in [1.82, 2.24) is 10.3 Å². The number of fused-ring (bicyclic) bond motifs is 1. The van der Waals surface area contributed by atoms with Gasteiger partial charge in [-0.15, -0.1) is 0 Å². The van der Waals surface area contributed by atoms with Crippen LogP contribution in [0.4, 0.5) is 0 Å². The molecule has 0 saturated heterocycles. The highest BCUT2D eigenvalue weighted by molar-refractivity contribution is 6.31. The molecule has 1 aromatic heterocycles. The summed E-state index contributed by atoms with van der Waals surface area (Å²) in [6, 6.07) is 5.93. The molecule has 0 saturated carbocycles. The Labute approximate surface area is 106 Å². The number of benzene rings is 1. The molecule has 0 spiro atoms. The van der Waals surface area contributed by atoms with E-state index in [0.717, 1.165) is 36.7 Å². The van der Waals surface area contributed by atoms with Crippen molar-refractivity contribution in [2.75, 3.05) is 20.3 Å². The van der Waals surface area contributed by atoms with Crippen LogP contribution in [0.15, 0.2) is 24.4 Å². The van der Waals surface area contributed by atoms with Gasteiger partial charge in [0.2, 0.25) is 0 Å². The van der Waals surface area contributed by atoms with Crippen LogP contribution >= 0.6 is 11.6 Å². The van der Waals surface area contributed by atoms with Gasteiger partial charge in [0.25, 0.3) is 0 Å². The summed E-state index contributed by atoms with van der Waals surface area (Å²) in [6.07, 6.45) is 3.06. The predicted octanol–water partition coefficient (Wildman–Crippen LogP) is 2.95. The molecule has 0 bridgehead atoms. The van der Waals surface area contributed by atoms with Crippen LogP contribution in [0.25, 0.3) is 10.9 Å². The lowest BCUT2D eigenvalue weighted by Crippen LogP contribution is -2.15. The molecule has 0 aliphatic carbocycles. The van der Waals surface area contributed by atoms with Crippen LogP contribution in [0, 0.1) is 0 Å². The molecule has 0 amide bonds. The number of ether oxygens (including phenoxy) is 1. The molecule has 1 aromatic carbocycles. The first-order chi connectivity index (χ1) is 8.31. The highest BCUT2D eigenvalue weighted by Crippen LogP contribution is 2.21. The monoisotopic (exact) mass is 252 g/mol. The third-order valence-corrected chi connectivity index (χ3v) is 2.98.